The van der Waals surface area contributed by atoms with Crippen molar-refractivity contribution in [2.45, 2.75) is 26.0 Å². The van der Waals surface area contributed by atoms with Gasteiger partial charge in [0.25, 0.3) is 0 Å². The van der Waals surface area contributed by atoms with Gasteiger partial charge in [-0.2, -0.15) is 0 Å². The molecule has 0 radical (unpaired) electrons. The zero-order chi connectivity index (χ0) is 15.4. The molecule has 0 amide bonds. The molecule has 2 aromatic rings. The molecule has 0 aliphatic rings. The van der Waals surface area contributed by atoms with Gasteiger partial charge in [-0.15, -0.1) is 0 Å². The predicted molar refractivity (Wildman–Crippen MR) is 91.6 cm³/mol. The van der Waals surface area contributed by atoms with E-state index in [4.69, 9.17) is 10.5 Å². The molecule has 0 saturated carbocycles. The minimum Gasteiger partial charge on any atom is -0.508 e. The third-order valence-corrected chi connectivity index (χ3v) is 4.09. The summed E-state index contributed by atoms with van der Waals surface area (Å²) >= 11 is 7.06. The minimum absolute atomic E-state index is 0.114. The van der Waals surface area contributed by atoms with Gasteiger partial charge in [-0.3, -0.25) is 0 Å². The van der Waals surface area contributed by atoms with Gasteiger partial charge in [-0.1, -0.05) is 12.1 Å². The number of phenols is 1. The number of hydrogen-bond acceptors (Lipinski definition) is 3. The van der Waals surface area contributed by atoms with Crippen molar-refractivity contribution in [2.24, 2.45) is 5.73 Å². The van der Waals surface area contributed by atoms with Crippen LogP contribution < -0.4 is 10.5 Å². The smallest absolute Gasteiger partial charge is 0.148 e. The normalized spacial score (nSPS) is 12.2. The lowest BCUT2D eigenvalue weighted by Gasteiger charge is -2.13. The Labute approximate surface area is 141 Å². The molecule has 1 atom stereocenters. The van der Waals surface area contributed by atoms with E-state index in [9.17, 15) is 5.11 Å². The third kappa shape index (κ3) is 4.73. The van der Waals surface area contributed by atoms with E-state index >= 15 is 0 Å². The fourth-order valence-corrected chi connectivity index (χ4v) is 3.55. The van der Waals surface area contributed by atoms with Crippen LogP contribution in [0, 0.1) is 0 Å². The quantitative estimate of drug-likeness (QED) is 0.762. The van der Waals surface area contributed by atoms with E-state index in [1.54, 1.807) is 18.2 Å². The Morgan fingerprint density at radius 1 is 1.14 bits per heavy atom. The predicted octanol–water partition coefficient (Wildman–Crippen LogP) is 4.39. The Kier molecular flexibility index (Phi) is 5.67. The molecule has 0 bridgehead atoms. The molecule has 0 spiro atoms. The molecule has 0 aliphatic heterocycles. The van der Waals surface area contributed by atoms with Crippen molar-refractivity contribution in [2.75, 3.05) is 0 Å². The molecule has 0 heterocycles. The molecule has 2 aromatic carbocycles. The van der Waals surface area contributed by atoms with Crippen molar-refractivity contribution in [3.63, 3.8) is 0 Å². The van der Waals surface area contributed by atoms with Crippen molar-refractivity contribution >= 4 is 31.9 Å². The van der Waals surface area contributed by atoms with Gasteiger partial charge in [0.15, 0.2) is 0 Å². The first-order chi connectivity index (χ1) is 9.95. The van der Waals surface area contributed by atoms with Gasteiger partial charge in [0, 0.05) is 6.04 Å². The van der Waals surface area contributed by atoms with E-state index in [-0.39, 0.29) is 11.8 Å². The first-order valence-corrected chi connectivity index (χ1v) is 8.18. The monoisotopic (exact) mass is 413 g/mol. The number of rotatable bonds is 5. The van der Waals surface area contributed by atoms with Crippen LogP contribution in [-0.2, 0) is 13.0 Å². The number of phenolic OH excluding ortho intramolecular Hbond substituents is 1. The number of aromatic hydroxyl groups is 1. The van der Waals surface area contributed by atoms with E-state index in [1.807, 2.05) is 25.1 Å². The number of benzene rings is 2. The summed E-state index contributed by atoms with van der Waals surface area (Å²) in [5.41, 5.74) is 7.88. The van der Waals surface area contributed by atoms with Gasteiger partial charge < -0.3 is 15.6 Å². The Bertz CT molecular complexity index is 606. The van der Waals surface area contributed by atoms with Crippen LogP contribution in [0.15, 0.2) is 45.3 Å². The topological polar surface area (TPSA) is 55.5 Å². The van der Waals surface area contributed by atoms with E-state index in [2.05, 4.69) is 31.9 Å². The van der Waals surface area contributed by atoms with Crippen molar-refractivity contribution in [1.82, 2.24) is 0 Å². The lowest BCUT2D eigenvalue weighted by molar-refractivity contribution is 0.301. The lowest BCUT2D eigenvalue weighted by Crippen LogP contribution is -2.17. The molecule has 21 heavy (non-hydrogen) atoms. The summed E-state index contributed by atoms with van der Waals surface area (Å²) in [4.78, 5) is 0. The molecule has 5 heteroatoms. The molecule has 3 N–H and O–H groups in total. The molecule has 0 aliphatic carbocycles. The molecule has 0 fully saturated rings. The second kappa shape index (κ2) is 7.29. The molecule has 0 aromatic heterocycles. The Morgan fingerprint density at radius 3 is 2.38 bits per heavy atom. The van der Waals surface area contributed by atoms with E-state index in [0.29, 0.717) is 6.61 Å². The first kappa shape index (κ1) is 16.3. The van der Waals surface area contributed by atoms with Gasteiger partial charge in [-0.25, -0.2) is 0 Å². The zero-order valence-corrected chi connectivity index (χ0v) is 14.8. The summed E-state index contributed by atoms with van der Waals surface area (Å²) in [6, 6.07) is 11.2. The van der Waals surface area contributed by atoms with Crippen LogP contribution >= 0.6 is 31.9 Å². The van der Waals surface area contributed by atoms with Gasteiger partial charge in [0.2, 0.25) is 0 Å². The second-order valence-electron chi connectivity index (χ2n) is 5.03. The first-order valence-electron chi connectivity index (χ1n) is 6.60. The zero-order valence-electron chi connectivity index (χ0n) is 11.6. The van der Waals surface area contributed by atoms with Gasteiger partial charge in [0.1, 0.15) is 18.1 Å². The summed E-state index contributed by atoms with van der Waals surface area (Å²) < 4.78 is 7.60. The SMILES string of the molecule is CC(N)Cc1cc(Br)c(OCc2cccc(O)c2)c(Br)c1. The maximum atomic E-state index is 9.45. The number of hydrogen-bond donors (Lipinski definition) is 2. The summed E-state index contributed by atoms with van der Waals surface area (Å²) in [6.07, 6.45) is 0.810. The fourth-order valence-electron chi connectivity index (χ4n) is 2.04. The van der Waals surface area contributed by atoms with E-state index < -0.39 is 0 Å². The van der Waals surface area contributed by atoms with Gasteiger partial charge in [0.05, 0.1) is 8.95 Å². The Hall–Kier alpha value is -1.04. The van der Waals surface area contributed by atoms with Crippen molar-refractivity contribution in [1.29, 1.82) is 0 Å². The van der Waals surface area contributed by atoms with Crippen LogP contribution in [0.4, 0.5) is 0 Å². The third-order valence-electron chi connectivity index (χ3n) is 2.91. The average molecular weight is 415 g/mol. The molecule has 1 unspecified atom stereocenters. The Balaban J connectivity index is 2.13. The van der Waals surface area contributed by atoms with E-state index in [0.717, 1.165) is 32.2 Å². The molecular weight excluding hydrogens is 398 g/mol. The number of nitrogens with two attached hydrogens (primary N) is 1. The van der Waals surface area contributed by atoms with Crippen molar-refractivity contribution in [3.8, 4) is 11.5 Å². The lowest BCUT2D eigenvalue weighted by atomic mass is 10.1. The van der Waals surface area contributed by atoms with Crippen LogP contribution in [0.3, 0.4) is 0 Å². The molecule has 0 saturated heterocycles. The van der Waals surface area contributed by atoms with Crippen LogP contribution in [-0.4, -0.2) is 11.1 Å². The van der Waals surface area contributed by atoms with E-state index in [1.165, 1.54) is 0 Å². The average Bonchev–Trinajstić information content (AvgIpc) is 2.37. The highest BCUT2D eigenvalue weighted by Crippen LogP contribution is 2.35. The fraction of sp³-hybridized carbons (Fsp3) is 0.250. The second-order valence-corrected chi connectivity index (χ2v) is 6.74. The maximum absolute atomic E-state index is 9.45. The standard InChI is InChI=1S/C16H17Br2NO2/c1-10(19)5-12-7-14(17)16(15(18)8-12)21-9-11-3-2-4-13(20)6-11/h2-4,6-8,10,20H,5,9,19H2,1H3. The van der Waals surface area contributed by atoms with Crippen molar-refractivity contribution < 1.29 is 9.84 Å². The summed E-state index contributed by atoms with van der Waals surface area (Å²) in [5.74, 6) is 0.980. The minimum atomic E-state index is 0.114. The van der Waals surface area contributed by atoms with Crippen LogP contribution in [0.1, 0.15) is 18.1 Å². The van der Waals surface area contributed by atoms with Crippen molar-refractivity contribution in [3.05, 3.63) is 56.5 Å². The summed E-state index contributed by atoms with van der Waals surface area (Å²) in [7, 11) is 0. The summed E-state index contributed by atoms with van der Waals surface area (Å²) in [5, 5.41) is 9.45. The number of halogens is 2. The molecule has 112 valence electrons. The number of ether oxygens (including phenoxy) is 1. The van der Waals surface area contributed by atoms with Crippen LogP contribution in [0.2, 0.25) is 0 Å². The van der Waals surface area contributed by atoms with Crippen LogP contribution in [0.25, 0.3) is 0 Å². The molecular formula is C16H17Br2NO2. The molecule has 3 nitrogen and oxygen atoms in total. The largest absolute Gasteiger partial charge is 0.508 e. The Morgan fingerprint density at radius 2 is 1.81 bits per heavy atom. The van der Waals surface area contributed by atoms with Crippen LogP contribution in [0.5, 0.6) is 11.5 Å². The highest BCUT2D eigenvalue weighted by Gasteiger charge is 2.10. The van der Waals surface area contributed by atoms with Gasteiger partial charge >= 0.3 is 0 Å². The highest BCUT2D eigenvalue weighted by molar-refractivity contribution is 9.11. The highest BCUT2D eigenvalue weighted by atomic mass is 79.9. The van der Waals surface area contributed by atoms with Gasteiger partial charge in [-0.05, 0) is 80.6 Å². The maximum Gasteiger partial charge on any atom is 0.148 e. The summed E-state index contributed by atoms with van der Waals surface area (Å²) in [6.45, 7) is 2.37. The molecule has 2 rings (SSSR count).